The van der Waals surface area contributed by atoms with E-state index in [1.807, 2.05) is 35.3 Å². The molecule has 0 N–H and O–H groups in total. The van der Waals surface area contributed by atoms with Gasteiger partial charge in [0.15, 0.2) is 0 Å². The molecule has 29 heavy (non-hydrogen) atoms. The number of alkyl halides is 2. The van der Waals surface area contributed by atoms with Crippen LogP contribution in [0.3, 0.4) is 0 Å². The second-order valence-corrected chi connectivity index (χ2v) is 14.6. The summed E-state index contributed by atoms with van der Waals surface area (Å²) in [7, 11) is 0. The summed E-state index contributed by atoms with van der Waals surface area (Å²) in [6, 6.07) is 14.1. The van der Waals surface area contributed by atoms with Gasteiger partial charge in [0.2, 0.25) is 0 Å². The van der Waals surface area contributed by atoms with Crippen molar-refractivity contribution in [2.45, 2.75) is 72.0 Å². The van der Waals surface area contributed by atoms with Crippen LogP contribution in [-0.2, 0) is 10.8 Å². The molecule has 5 heteroatoms. The first-order chi connectivity index (χ1) is 13.6. The van der Waals surface area contributed by atoms with Crippen molar-refractivity contribution in [3.63, 3.8) is 0 Å². The van der Waals surface area contributed by atoms with Gasteiger partial charge in [0.1, 0.15) is 0 Å². The van der Waals surface area contributed by atoms with E-state index in [4.69, 9.17) is 0 Å². The third kappa shape index (κ3) is 8.10. The molecule has 0 saturated heterocycles. The van der Waals surface area contributed by atoms with E-state index in [2.05, 4.69) is 123 Å². The van der Waals surface area contributed by atoms with Crippen LogP contribution in [0, 0.1) is 0 Å². The molecule has 0 aliphatic heterocycles. The van der Waals surface area contributed by atoms with Crippen molar-refractivity contribution in [1.82, 2.24) is 0 Å². The quantitative estimate of drug-likeness (QED) is 0.156. The normalized spacial score (nSPS) is 12.4. The lowest BCUT2D eigenvalue weighted by Gasteiger charge is -2.24. The van der Waals surface area contributed by atoms with Gasteiger partial charge in [0, 0.05) is 39.9 Å². The Morgan fingerprint density at radius 2 is 1.03 bits per heavy atom. The summed E-state index contributed by atoms with van der Waals surface area (Å²) in [6.07, 6.45) is 0. The average Bonchev–Trinajstić information content (AvgIpc) is 2.64. The van der Waals surface area contributed by atoms with E-state index < -0.39 is 0 Å². The van der Waals surface area contributed by atoms with Crippen LogP contribution in [0.4, 0.5) is 0 Å². The topological polar surface area (TPSA) is 0 Å². The van der Waals surface area contributed by atoms with Crippen LogP contribution in [0.1, 0.15) is 52.7 Å². The molecule has 0 fully saturated rings. The predicted octanol–water partition coefficient (Wildman–Crippen LogP) is 9.49. The van der Waals surface area contributed by atoms with E-state index in [1.165, 1.54) is 51.1 Å². The number of rotatable bonds is 8. The fraction of sp³-hybridized carbons (Fsp3) is 0.500. The van der Waals surface area contributed by atoms with Crippen LogP contribution in [0.25, 0.3) is 0 Å². The van der Waals surface area contributed by atoms with Crippen LogP contribution in [0.2, 0.25) is 0 Å². The smallest absolute Gasteiger partial charge is 0.0126 e. The van der Waals surface area contributed by atoms with Gasteiger partial charge in [-0.1, -0.05) is 98.5 Å². The van der Waals surface area contributed by atoms with Gasteiger partial charge in [0.05, 0.1) is 0 Å². The van der Waals surface area contributed by atoms with Crippen LogP contribution in [0.15, 0.2) is 56.0 Å². The fourth-order valence-corrected chi connectivity index (χ4v) is 7.19. The second-order valence-electron chi connectivity index (χ2n) is 8.99. The Bertz CT molecular complexity index is 737. The van der Waals surface area contributed by atoms with Gasteiger partial charge in [-0.2, -0.15) is 0 Å². The zero-order chi connectivity index (χ0) is 21.7. The molecule has 0 spiro atoms. The maximum Gasteiger partial charge on any atom is 0.0126 e. The Morgan fingerprint density at radius 3 is 1.34 bits per heavy atom. The highest BCUT2D eigenvalue weighted by Gasteiger charge is 2.21. The van der Waals surface area contributed by atoms with Crippen molar-refractivity contribution in [3.8, 4) is 0 Å². The SMILES string of the molecule is CC(C)(C)c1cc(Sc2ccc(SCCI)c(C(C)(C)C)c2)ccc1SCCI. The summed E-state index contributed by atoms with van der Waals surface area (Å²) >= 11 is 10.8. The zero-order valence-corrected chi connectivity index (χ0v) is 25.0. The minimum atomic E-state index is 0.153. The molecule has 2 rings (SSSR count). The van der Waals surface area contributed by atoms with Gasteiger partial charge in [-0.05, 0) is 58.4 Å². The van der Waals surface area contributed by atoms with Crippen LogP contribution in [-0.4, -0.2) is 20.4 Å². The monoisotopic (exact) mass is 670 g/mol. The number of hydrogen-bond donors (Lipinski definition) is 0. The molecule has 0 atom stereocenters. The largest absolute Gasteiger partial charge is 0.125 e. The predicted molar refractivity (Wildman–Crippen MR) is 154 cm³/mol. The summed E-state index contributed by atoms with van der Waals surface area (Å²) in [5, 5.41) is 0. The minimum absolute atomic E-state index is 0.153. The summed E-state index contributed by atoms with van der Waals surface area (Å²) in [5.41, 5.74) is 3.23. The van der Waals surface area contributed by atoms with Gasteiger partial charge in [-0.3, -0.25) is 0 Å². The second kappa shape index (κ2) is 11.7. The molecular formula is C24H32I2S3. The molecule has 0 amide bonds. The standard InChI is InChI=1S/C24H32I2S3/c1-23(2,3)19-15-17(7-9-21(19)27-13-11-25)29-18-8-10-22(28-14-12-26)20(16-18)24(4,5)6/h7-10,15-16H,11-14H2,1-6H3. The van der Waals surface area contributed by atoms with Crippen molar-refractivity contribution in [1.29, 1.82) is 0 Å². The Labute approximate surface area is 218 Å². The third-order valence-corrected chi connectivity index (χ3v) is 10.1. The van der Waals surface area contributed by atoms with Gasteiger partial charge in [-0.15, -0.1) is 23.5 Å². The number of hydrogen-bond acceptors (Lipinski definition) is 3. The van der Waals surface area contributed by atoms with Crippen molar-refractivity contribution >= 4 is 80.5 Å². The van der Waals surface area contributed by atoms with E-state index in [-0.39, 0.29) is 10.8 Å². The molecule has 160 valence electrons. The number of thioether (sulfide) groups is 2. The van der Waals surface area contributed by atoms with E-state index >= 15 is 0 Å². The molecule has 0 radical (unpaired) electrons. The Morgan fingerprint density at radius 1 is 0.655 bits per heavy atom. The lowest BCUT2D eigenvalue weighted by Crippen LogP contribution is -2.13. The highest BCUT2D eigenvalue weighted by atomic mass is 127. The van der Waals surface area contributed by atoms with Gasteiger partial charge in [0.25, 0.3) is 0 Å². The van der Waals surface area contributed by atoms with Crippen molar-refractivity contribution < 1.29 is 0 Å². The Balaban J connectivity index is 2.35. The average molecular weight is 671 g/mol. The van der Waals surface area contributed by atoms with Crippen LogP contribution < -0.4 is 0 Å². The first-order valence-electron chi connectivity index (χ1n) is 9.90. The van der Waals surface area contributed by atoms with Crippen LogP contribution in [0.5, 0.6) is 0 Å². The molecule has 2 aromatic rings. The molecule has 0 saturated carbocycles. The van der Waals surface area contributed by atoms with E-state index in [0.29, 0.717) is 0 Å². The summed E-state index contributed by atoms with van der Waals surface area (Å²) in [4.78, 5) is 5.53. The van der Waals surface area contributed by atoms with Crippen molar-refractivity contribution in [3.05, 3.63) is 47.5 Å². The third-order valence-electron chi connectivity index (χ3n) is 4.42. The minimum Gasteiger partial charge on any atom is -0.125 e. The Hall–Kier alpha value is 0.950. The van der Waals surface area contributed by atoms with E-state index in [1.54, 1.807) is 0 Å². The molecule has 2 aromatic carbocycles. The van der Waals surface area contributed by atoms with Crippen molar-refractivity contribution in [2.24, 2.45) is 0 Å². The molecule has 0 aliphatic carbocycles. The molecule has 0 nitrogen and oxygen atoms in total. The summed E-state index contributed by atoms with van der Waals surface area (Å²) in [5.74, 6) is 2.34. The molecule has 0 bridgehead atoms. The highest BCUT2D eigenvalue weighted by molar-refractivity contribution is 14.1. The molecule has 0 unspecified atom stereocenters. The maximum absolute atomic E-state index is 2.46. The summed E-state index contributed by atoms with van der Waals surface area (Å²) in [6.45, 7) is 13.9. The van der Waals surface area contributed by atoms with Gasteiger partial charge in [-0.25, -0.2) is 0 Å². The zero-order valence-electron chi connectivity index (χ0n) is 18.3. The van der Waals surface area contributed by atoms with Gasteiger partial charge < -0.3 is 0 Å². The lowest BCUT2D eigenvalue weighted by atomic mass is 9.87. The number of halogens is 2. The lowest BCUT2D eigenvalue weighted by molar-refractivity contribution is 0.576. The molecule has 0 aromatic heterocycles. The molecule has 0 aliphatic rings. The van der Waals surface area contributed by atoms with Crippen molar-refractivity contribution in [2.75, 3.05) is 20.4 Å². The van der Waals surface area contributed by atoms with E-state index in [0.717, 1.165) is 0 Å². The van der Waals surface area contributed by atoms with Gasteiger partial charge >= 0.3 is 0 Å². The number of benzene rings is 2. The highest BCUT2D eigenvalue weighted by Crippen LogP contribution is 2.40. The Kier molecular flexibility index (Phi) is 10.6. The van der Waals surface area contributed by atoms with E-state index in [9.17, 15) is 0 Å². The summed E-state index contributed by atoms with van der Waals surface area (Å²) < 4.78 is 2.36. The molecular weight excluding hydrogens is 638 g/mol. The first-order valence-corrected chi connectivity index (χ1v) is 15.7. The maximum atomic E-state index is 2.46. The first kappa shape index (κ1) is 26.2. The molecule has 0 heterocycles. The fourth-order valence-electron chi connectivity index (χ4n) is 3.00. The van der Waals surface area contributed by atoms with Crippen LogP contribution >= 0.6 is 80.5 Å².